The van der Waals surface area contributed by atoms with Crippen molar-refractivity contribution in [3.8, 4) is 5.88 Å². The molecule has 2 aliphatic heterocycles. The van der Waals surface area contributed by atoms with E-state index in [1.165, 1.54) is 0 Å². The van der Waals surface area contributed by atoms with Gasteiger partial charge in [0, 0.05) is 37.9 Å². The van der Waals surface area contributed by atoms with Gasteiger partial charge in [-0.2, -0.15) is 4.98 Å². The van der Waals surface area contributed by atoms with Crippen molar-refractivity contribution in [2.45, 2.75) is 13.0 Å². The molecule has 194 valence electrons. The second kappa shape index (κ2) is 11.8. The summed E-state index contributed by atoms with van der Waals surface area (Å²) >= 11 is 0.829. The summed E-state index contributed by atoms with van der Waals surface area (Å²) in [5, 5.41) is 4.77. The van der Waals surface area contributed by atoms with Crippen molar-refractivity contribution in [1.29, 1.82) is 0 Å². The molecule has 3 heterocycles. The molecule has 11 heteroatoms. The summed E-state index contributed by atoms with van der Waals surface area (Å²) < 4.78 is 5.98. The molecule has 1 aromatic heterocycles. The van der Waals surface area contributed by atoms with Crippen LogP contribution in [0.5, 0.6) is 5.88 Å². The van der Waals surface area contributed by atoms with Crippen molar-refractivity contribution in [2.75, 3.05) is 36.4 Å². The molecule has 2 N–H and O–H groups in total. The lowest BCUT2D eigenvalue weighted by Gasteiger charge is -2.23. The number of anilines is 2. The summed E-state index contributed by atoms with van der Waals surface area (Å²) in [6.45, 7) is 2.55. The Hall–Kier alpha value is -4.38. The first kappa shape index (κ1) is 25.3. The molecule has 0 atom stereocenters. The largest absolute Gasteiger partial charge is 0.473 e. The van der Waals surface area contributed by atoms with Gasteiger partial charge in [-0.1, -0.05) is 48.5 Å². The third kappa shape index (κ3) is 6.48. The van der Waals surface area contributed by atoms with Gasteiger partial charge in [0.2, 0.25) is 11.8 Å². The van der Waals surface area contributed by atoms with Gasteiger partial charge >= 0.3 is 6.03 Å². The maximum atomic E-state index is 12.8. The minimum Gasteiger partial charge on any atom is -0.473 e. The van der Waals surface area contributed by atoms with Crippen molar-refractivity contribution in [2.24, 2.45) is 0 Å². The van der Waals surface area contributed by atoms with Gasteiger partial charge in [0.05, 0.1) is 10.6 Å². The maximum absolute atomic E-state index is 12.8. The van der Waals surface area contributed by atoms with Crippen LogP contribution in [-0.4, -0.2) is 58.2 Å². The minimum atomic E-state index is -0.457. The smallest absolute Gasteiger partial charge is 0.321 e. The number of nitrogens with one attached hydrogen (secondary N) is 2. The standard InChI is InChI=1S/C27H26N6O4S/c34-24-22(38-27(36)31-24)16-21-17-23(37-18-19-8-3-1-4-9-19)30-25(28-21)32-12-7-13-33(15-14-32)26(35)29-20-10-5-2-6-11-20/h1-6,8-11,16-17H,7,12-15,18H2,(H,29,35)(H,31,34,36)/b22-16-. The molecule has 10 nitrogen and oxygen atoms in total. The Labute approximate surface area is 224 Å². The van der Waals surface area contributed by atoms with E-state index in [0.717, 1.165) is 29.4 Å². The number of carbonyl (C=O) groups excluding carboxylic acids is 3. The summed E-state index contributed by atoms with van der Waals surface area (Å²) in [4.78, 5) is 49.8. The van der Waals surface area contributed by atoms with Crippen LogP contribution in [0.3, 0.4) is 0 Å². The number of aromatic nitrogens is 2. The van der Waals surface area contributed by atoms with Crippen LogP contribution in [0.4, 0.5) is 21.2 Å². The van der Waals surface area contributed by atoms with Gasteiger partial charge in [-0.05, 0) is 42.0 Å². The SMILES string of the molecule is O=C1NC(=O)/C(=C/c2cc(OCc3ccccc3)nc(N3CCCN(C(=O)Nc4ccccc4)CC3)n2)S1. The first-order valence-electron chi connectivity index (χ1n) is 12.2. The number of hydrogen-bond acceptors (Lipinski definition) is 8. The van der Waals surface area contributed by atoms with E-state index in [-0.39, 0.29) is 10.9 Å². The zero-order valence-electron chi connectivity index (χ0n) is 20.5. The predicted molar refractivity (Wildman–Crippen MR) is 146 cm³/mol. The number of rotatable bonds is 6. The van der Waals surface area contributed by atoms with E-state index in [9.17, 15) is 14.4 Å². The quantitative estimate of drug-likeness (QED) is 0.457. The highest BCUT2D eigenvalue weighted by molar-refractivity contribution is 8.18. The van der Waals surface area contributed by atoms with Crippen LogP contribution < -0.4 is 20.3 Å². The molecule has 38 heavy (non-hydrogen) atoms. The van der Waals surface area contributed by atoms with E-state index in [4.69, 9.17) is 4.74 Å². The van der Waals surface area contributed by atoms with E-state index in [0.29, 0.717) is 50.3 Å². The van der Waals surface area contributed by atoms with Gasteiger partial charge in [0.25, 0.3) is 11.1 Å². The Morgan fingerprint density at radius 2 is 1.76 bits per heavy atom. The molecular weight excluding hydrogens is 504 g/mol. The summed E-state index contributed by atoms with van der Waals surface area (Å²) in [6, 6.07) is 20.6. The monoisotopic (exact) mass is 530 g/mol. The van der Waals surface area contributed by atoms with Gasteiger partial charge in [-0.3, -0.25) is 14.9 Å². The third-order valence-corrected chi connectivity index (χ3v) is 6.76. The molecular formula is C27H26N6O4S. The maximum Gasteiger partial charge on any atom is 0.321 e. The van der Waals surface area contributed by atoms with Crippen molar-refractivity contribution in [3.05, 3.63) is 82.9 Å². The van der Waals surface area contributed by atoms with Crippen LogP contribution in [0.2, 0.25) is 0 Å². The van der Waals surface area contributed by atoms with Crippen molar-refractivity contribution in [3.63, 3.8) is 0 Å². The molecule has 3 aromatic rings. The van der Waals surface area contributed by atoms with E-state index in [1.807, 2.05) is 65.6 Å². The Bertz CT molecular complexity index is 1350. The van der Waals surface area contributed by atoms with Crippen LogP contribution in [0.1, 0.15) is 17.7 Å². The molecule has 2 aliphatic rings. The second-order valence-corrected chi connectivity index (χ2v) is 9.70. The highest BCUT2D eigenvalue weighted by Gasteiger charge is 2.26. The Kier molecular flexibility index (Phi) is 7.84. The zero-order chi connectivity index (χ0) is 26.3. The Balaban J connectivity index is 1.34. The fourth-order valence-electron chi connectivity index (χ4n) is 4.05. The number of benzene rings is 2. The third-order valence-electron chi connectivity index (χ3n) is 5.95. The van der Waals surface area contributed by atoms with Gasteiger partial charge < -0.3 is 19.9 Å². The van der Waals surface area contributed by atoms with Crippen LogP contribution in [0.25, 0.3) is 6.08 Å². The second-order valence-electron chi connectivity index (χ2n) is 8.68. The minimum absolute atomic E-state index is 0.154. The first-order chi connectivity index (χ1) is 18.5. The highest BCUT2D eigenvalue weighted by Crippen LogP contribution is 2.27. The summed E-state index contributed by atoms with van der Waals surface area (Å²) in [6.07, 6.45) is 2.28. The number of amides is 4. The molecule has 0 radical (unpaired) electrons. The van der Waals surface area contributed by atoms with Gasteiger partial charge in [0.15, 0.2) is 0 Å². The van der Waals surface area contributed by atoms with Crippen molar-refractivity contribution < 1.29 is 19.1 Å². The number of nitrogens with zero attached hydrogens (tertiary/aromatic N) is 4. The Morgan fingerprint density at radius 3 is 2.50 bits per heavy atom. The number of thioether (sulfide) groups is 1. The van der Waals surface area contributed by atoms with E-state index in [1.54, 1.807) is 17.0 Å². The lowest BCUT2D eigenvalue weighted by molar-refractivity contribution is -0.115. The van der Waals surface area contributed by atoms with Gasteiger partial charge in [0.1, 0.15) is 6.61 Å². The van der Waals surface area contributed by atoms with Gasteiger partial charge in [-0.15, -0.1) is 0 Å². The predicted octanol–water partition coefficient (Wildman–Crippen LogP) is 4.12. The zero-order valence-corrected chi connectivity index (χ0v) is 21.3. The summed E-state index contributed by atoms with van der Waals surface area (Å²) in [7, 11) is 0. The molecule has 2 aromatic carbocycles. The topological polar surface area (TPSA) is 117 Å². The molecule has 2 fully saturated rings. The molecule has 0 spiro atoms. The first-order valence-corrected chi connectivity index (χ1v) is 13.0. The number of urea groups is 1. The Morgan fingerprint density at radius 1 is 1.00 bits per heavy atom. The molecule has 0 bridgehead atoms. The number of ether oxygens (including phenoxy) is 1. The van der Waals surface area contributed by atoms with Crippen LogP contribution >= 0.6 is 11.8 Å². The molecule has 0 unspecified atom stereocenters. The normalized spacial score (nSPS) is 16.8. The number of carbonyl (C=O) groups is 3. The molecule has 4 amide bonds. The van der Waals surface area contributed by atoms with Crippen LogP contribution in [0.15, 0.2) is 71.6 Å². The molecule has 2 saturated heterocycles. The number of para-hydroxylation sites is 1. The lowest BCUT2D eigenvalue weighted by Crippen LogP contribution is -2.38. The van der Waals surface area contributed by atoms with Crippen LogP contribution in [-0.2, 0) is 11.4 Å². The molecule has 0 saturated carbocycles. The molecule has 0 aliphatic carbocycles. The van der Waals surface area contributed by atoms with E-state index >= 15 is 0 Å². The lowest BCUT2D eigenvalue weighted by atomic mass is 10.2. The number of imide groups is 1. The number of hydrogen-bond donors (Lipinski definition) is 2. The van der Waals surface area contributed by atoms with E-state index < -0.39 is 11.1 Å². The fourth-order valence-corrected chi connectivity index (χ4v) is 4.72. The van der Waals surface area contributed by atoms with Crippen molar-refractivity contribution in [1.82, 2.24) is 20.2 Å². The van der Waals surface area contributed by atoms with Crippen molar-refractivity contribution >= 4 is 46.7 Å². The van der Waals surface area contributed by atoms with Gasteiger partial charge in [-0.25, -0.2) is 9.78 Å². The average Bonchev–Trinajstić information content (AvgIpc) is 3.10. The van der Waals surface area contributed by atoms with Crippen LogP contribution in [0, 0.1) is 0 Å². The van der Waals surface area contributed by atoms with E-state index in [2.05, 4.69) is 20.6 Å². The fraction of sp³-hybridized carbons (Fsp3) is 0.222. The highest BCUT2D eigenvalue weighted by atomic mass is 32.2. The molecule has 5 rings (SSSR count). The average molecular weight is 531 g/mol. The summed E-state index contributed by atoms with van der Waals surface area (Å²) in [5.41, 5.74) is 2.18. The summed E-state index contributed by atoms with van der Waals surface area (Å²) in [5.74, 6) is 0.326.